The Balaban J connectivity index is 1.68. The molecule has 27 heavy (non-hydrogen) atoms. The van der Waals surface area contributed by atoms with E-state index in [2.05, 4.69) is 41.3 Å². The first kappa shape index (κ1) is 18.9. The van der Waals surface area contributed by atoms with Crippen molar-refractivity contribution in [1.82, 2.24) is 15.3 Å². The average Bonchev–Trinajstić information content (AvgIpc) is 2.71. The van der Waals surface area contributed by atoms with Gasteiger partial charge in [-0.1, -0.05) is 23.8 Å². The van der Waals surface area contributed by atoms with Crippen molar-refractivity contribution in [3.63, 3.8) is 0 Å². The van der Waals surface area contributed by atoms with E-state index in [1.165, 1.54) is 5.56 Å². The largest absolute Gasteiger partial charge is 0.497 e. The summed E-state index contributed by atoms with van der Waals surface area (Å²) >= 11 is 0. The van der Waals surface area contributed by atoms with Crippen LogP contribution in [0.25, 0.3) is 11.4 Å². The standard InChI is InChI=1S/C22H25N3O2/c1-15-6-5-7-18(10-15)22-24-13-17(14-25-22)12-23-16(2)20-11-19(26-3)8-9-21(20)27-4/h5-11,13-14,16,23H,12H2,1-4H3. The van der Waals surface area contributed by atoms with Gasteiger partial charge in [-0.15, -0.1) is 0 Å². The van der Waals surface area contributed by atoms with Crippen molar-refractivity contribution in [2.45, 2.75) is 26.4 Å². The average molecular weight is 363 g/mol. The minimum absolute atomic E-state index is 0.0894. The highest BCUT2D eigenvalue weighted by Gasteiger charge is 2.13. The van der Waals surface area contributed by atoms with Gasteiger partial charge in [-0.3, -0.25) is 0 Å². The highest BCUT2D eigenvalue weighted by molar-refractivity contribution is 5.55. The fourth-order valence-electron chi connectivity index (χ4n) is 2.94. The fraction of sp³-hybridized carbons (Fsp3) is 0.273. The normalized spacial score (nSPS) is 11.9. The van der Waals surface area contributed by atoms with E-state index in [1.807, 2.05) is 42.7 Å². The molecule has 0 aliphatic carbocycles. The molecule has 3 aromatic rings. The molecule has 0 amide bonds. The number of hydrogen-bond donors (Lipinski definition) is 1. The monoisotopic (exact) mass is 363 g/mol. The highest BCUT2D eigenvalue weighted by atomic mass is 16.5. The van der Waals surface area contributed by atoms with Crippen LogP contribution in [0.3, 0.4) is 0 Å². The summed E-state index contributed by atoms with van der Waals surface area (Å²) in [6.07, 6.45) is 3.74. The van der Waals surface area contributed by atoms with Gasteiger partial charge < -0.3 is 14.8 Å². The predicted octanol–water partition coefficient (Wildman–Crippen LogP) is 4.32. The summed E-state index contributed by atoms with van der Waals surface area (Å²) in [5, 5.41) is 3.49. The number of nitrogens with zero attached hydrogens (tertiary/aromatic N) is 2. The van der Waals surface area contributed by atoms with Crippen LogP contribution in [0.15, 0.2) is 54.9 Å². The molecule has 0 radical (unpaired) electrons. The van der Waals surface area contributed by atoms with Crippen LogP contribution in [0.4, 0.5) is 0 Å². The van der Waals surface area contributed by atoms with Gasteiger partial charge in [0.15, 0.2) is 5.82 Å². The Hall–Kier alpha value is -2.92. The van der Waals surface area contributed by atoms with Crippen LogP contribution in [-0.2, 0) is 6.54 Å². The Morgan fingerprint density at radius 1 is 1.00 bits per heavy atom. The second-order valence-corrected chi connectivity index (χ2v) is 6.49. The van der Waals surface area contributed by atoms with E-state index < -0.39 is 0 Å². The van der Waals surface area contributed by atoms with Gasteiger partial charge in [-0.25, -0.2) is 9.97 Å². The van der Waals surface area contributed by atoms with Crippen LogP contribution in [0, 0.1) is 6.92 Å². The minimum atomic E-state index is 0.0894. The Morgan fingerprint density at radius 3 is 2.44 bits per heavy atom. The van der Waals surface area contributed by atoms with Crippen LogP contribution in [-0.4, -0.2) is 24.2 Å². The number of hydrogen-bond acceptors (Lipinski definition) is 5. The molecule has 1 unspecified atom stereocenters. The van der Waals surface area contributed by atoms with Gasteiger partial charge in [0.25, 0.3) is 0 Å². The first-order chi connectivity index (χ1) is 13.1. The molecule has 0 bridgehead atoms. The molecule has 1 aromatic heterocycles. The molecule has 140 valence electrons. The summed E-state index contributed by atoms with van der Waals surface area (Å²) in [6.45, 7) is 4.82. The van der Waals surface area contributed by atoms with Gasteiger partial charge in [0.1, 0.15) is 11.5 Å². The lowest BCUT2D eigenvalue weighted by molar-refractivity contribution is 0.391. The van der Waals surface area contributed by atoms with Crippen LogP contribution in [0.5, 0.6) is 11.5 Å². The zero-order valence-corrected chi connectivity index (χ0v) is 16.2. The van der Waals surface area contributed by atoms with E-state index in [0.717, 1.165) is 34.0 Å². The van der Waals surface area contributed by atoms with E-state index in [-0.39, 0.29) is 6.04 Å². The molecule has 2 aromatic carbocycles. The number of ether oxygens (including phenoxy) is 2. The maximum atomic E-state index is 5.47. The highest BCUT2D eigenvalue weighted by Crippen LogP contribution is 2.29. The van der Waals surface area contributed by atoms with Crippen molar-refractivity contribution in [1.29, 1.82) is 0 Å². The van der Waals surface area contributed by atoms with Crippen molar-refractivity contribution in [2.75, 3.05) is 14.2 Å². The summed E-state index contributed by atoms with van der Waals surface area (Å²) in [6, 6.07) is 14.1. The number of nitrogens with one attached hydrogen (secondary N) is 1. The zero-order chi connectivity index (χ0) is 19.2. The van der Waals surface area contributed by atoms with Crippen molar-refractivity contribution >= 4 is 0 Å². The smallest absolute Gasteiger partial charge is 0.159 e. The first-order valence-corrected chi connectivity index (χ1v) is 8.94. The lowest BCUT2D eigenvalue weighted by Crippen LogP contribution is -2.19. The van der Waals surface area contributed by atoms with E-state index in [0.29, 0.717) is 6.54 Å². The molecule has 3 rings (SSSR count). The molecule has 0 aliphatic heterocycles. The molecule has 0 fully saturated rings. The number of aryl methyl sites for hydroxylation is 1. The first-order valence-electron chi connectivity index (χ1n) is 8.94. The van der Waals surface area contributed by atoms with Gasteiger partial charge in [-0.2, -0.15) is 0 Å². The molecular weight excluding hydrogens is 338 g/mol. The Labute approximate surface area is 160 Å². The van der Waals surface area contributed by atoms with Crippen molar-refractivity contribution in [3.8, 4) is 22.9 Å². The molecule has 0 saturated carbocycles. The summed E-state index contributed by atoms with van der Waals surface area (Å²) < 4.78 is 10.8. The maximum absolute atomic E-state index is 5.47. The van der Waals surface area contributed by atoms with Crippen molar-refractivity contribution in [3.05, 3.63) is 71.5 Å². The third-order valence-corrected chi connectivity index (χ3v) is 4.50. The van der Waals surface area contributed by atoms with Gasteiger partial charge in [0.05, 0.1) is 14.2 Å². The van der Waals surface area contributed by atoms with E-state index in [9.17, 15) is 0 Å². The van der Waals surface area contributed by atoms with Gasteiger partial charge in [-0.05, 0) is 38.1 Å². The molecule has 0 saturated heterocycles. The predicted molar refractivity (Wildman–Crippen MR) is 107 cm³/mol. The zero-order valence-electron chi connectivity index (χ0n) is 16.2. The summed E-state index contributed by atoms with van der Waals surface area (Å²) in [7, 11) is 3.34. The number of rotatable bonds is 7. The summed E-state index contributed by atoms with van der Waals surface area (Å²) in [5.74, 6) is 2.39. The van der Waals surface area contributed by atoms with Crippen LogP contribution < -0.4 is 14.8 Å². The molecule has 0 aliphatic rings. The Bertz CT molecular complexity index is 894. The summed E-state index contributed by atoms with van der Waals surface area (Å²) in [4.78, 5) is 9.01. The lowest BCUT2D eigenvalue weighted by Gasteiger charge is -2.18. The SMILES string of the molecule is COc1ccc(OC)c(C(C)NCc2cnc(-c3cccc(C)c3)nc2)c1. The summed E-state index contributed by atoms with van der Waals surface area (Å²) in [5.41, 5.74) is 4.31. The van der Waals surface area contributed by atoms with Gasteiger partial charge in [0.2, 0.25) is 0 Å². The third kappa shape index (κ3) is 4.63. The Kier molecular flexibility index (Phi) is 6.04. The lowest BCUT2D eigenvalue weighted by atomic mass is 10.1. The molecule has 0 spiro atoms. The van der Waals surface area contributed by atoms with Crippen molar-refractivity contribution in [2.24, 2.45) is 0 Å². The quantitative estimate of drug-likeness (QED) is 0.677. The molecule has 1 N–H and O–H groups in total. The van der Waals surface area contributed by atoms with E-state index >= 15 is 0 Å². The van der Waals surface area contributed by atoms with Crippen LogP contribution >= 0.6 is 0 Å². The van der Waals surface area contributed by atoms with Crippen molar-refractivity contribution < 1.29 is 9.47 Å². The second-order valence-electron chi connectivity index (χ2n) is 6.49. The minimum Gasteiger partial charge on any atom is -0.497 e. The molecule has 1 heterocycles. The maximum Gasteiger partial charge on any atom is 0.159 e. The Morgan fingerprint density at radius 2 is 1.78 bits per heavy atom. The van der Waals surface area contributed by atoms with Crippen LogP contribution in [0.2, 0.25) is 0 Å². The number of methoxy groups -OCH3 is 2. The topological polar surface area (TPSA) is 56.3 Å². The number of aromatic nitrogens is 2. The van der Waals surface area contributed by atoms with Crippen LogP contribution in [0.1, 0.15) is 29.7 Å². The molecule has 1 atom stereocenters. The van der Waals surface area contributed by atoms with Gasteiger partial charge in [0, 0.05) is 41.7 Å². The second kappa shape index (κ2) is 8.64. The molecular formula is C22H25N3O2. The third-order valence-electron chi connectivity index (χ3n) is 4.50. The van der Waals surface area contributed by atoms with E-state index in [4.69, 9.17) is 9.47 Å². The van der Waals surface area contributed by atoms with E-state index in [1.54, 1.807) is 14.2 Å². The molecule has 5 heteroatoms. The van der Waals surface area contributed by atoms with Gasteiger partial charge >= 0.3 is 0 Å². The number of benzene rings is 2. The molecule has 5 nitrogen and oxygen atoms in total. The fourth-order valence-corrected chi connectivity index (χ4v) is 2.94.